The first-order valence-electron chi connectivity index (χ1n) is 5.68. The van der Waals surface area contributed by atoms with Crippen LogP contribution in [0.15, 0.2) is 0 Å². The van der Waals surface area contributed by atoms with Gasteiger partial charge in [-0.25, -0.2) is 9.59 Å². The highest BCUT2D eigenvalue weighted by atomic mass is 16.6. The summed E-state index contributed by atoms with van der Waals surface area (Å²) in [6.07, 6.45) is 2.37. The van der Waals surface area contributed by atoms with E-state index in [-0.39, 0.29) is 6.10 Å². The zero-order valence-corrected chi connectivity index (χ0v) is 9.60. The Morgan fingerprint density at radius 1 is 1.50 bits per heavy atom. The van der Waals surface area contributed by atoms with Crippen molar-refractivity contribution in [2.45, 2.75) is 57.2 Å². The topological polar surface area (TPSA) is 66.8 Å². The lowest BCUT2D eigenvalue weighted by Crippen LogP contribution is -2.66. The van der Waals surface area contributed by atoms with E-state index in [0.717, 1.165) is 25.7 Å². The van der Waals surface area contributed by atoms with Gasteiger partial charge in [0.15, 0.2) is 6.04 Å². The Hall–Kier alpha value is -1.26. The molecule has 0 radical (unpaired) electrons. The lowest BCUT2D eigenvalue weighted by molar-refractivity contribution is -0.188. The van der Waals surface area contributed by atoms with Crippen LogP contribution >= 0.6 is 0 Å². The highest BCUT2D eigenvalue weighted by Gasteiger charge is 2.52. The molecule has 5 nitrogen and oxygen atoms in total. The SMILES string of the molecule is C[C@@H]1OC(=O)[C@@H]1N(C(=O)O)C1(C)CCCC1. The Labute approximate surface area is 94.4 Å². The standard InChI is InChI=1S/C11H17NO4/c1-7-8(9(13)16-7)12(10(14)15)11(2)5-3-4-6-11/h7-8H,3-6H2,1-2H3,(H,14,15)/t7-,8+/m0/s1. The highest BCUT2D eigenvalue weighted by molar-refractivity contribution is 5.86. The van der Waals surface area contributed by atoms with Gasteiger partial charge in [-0.15, -0.1) is 0 Å². The largest absolute Gasteiger partial charge is 0.465 e. The van der Waals surface area contributed by atoms with Gasteiger partial charge in [0, 0.05) is 5.54 Å². The number of hydrogen-bond acceptors (Lipinski definition) is 3. The summed E-state index contributed by atoms with van der Waals surface area (Å²) >= 11 is 0. The Bertz CT molecular complexity index is 322. The van der Waals surface area contributed by atoms with Crippen LogP contribution in [0.3, 0.4) is 0 Å². The minimum Gasteiger partial charge on any atom is -0.465 e. The van der Waals surface area contributed by atoms with E-state index < -0.39 is 23.6 Å². The van der Waals surface area contributed by atoms with Gasteiger partial charge in [0.05, 0.1) is 0 Å². The van der Waals surface area contributed by atoms with Crippen LogP contribution < -0.4 is 0 Å². The van der Waals surface area contributed by atoms with Gasteiger partial charge in [-0.2, -0.15) is 0 Å². The average molecular weight is 227 g/mol. The summed E-state index contributed by atoms with van der Waals surface area (Å²) in [5.41, 5.74) is -0.399. The summed E-state index contributed by atoms with van der Waals surface area (Å²) in [5, 5.41) is 9.29. The molecule has 90 valence electrons. The van der Waals surface area contributed by atoms with Crippen molar-refractivity contribution in [3.8, 4) is 0 Å². The second kappa shape index (κ2) is 3.64. The Morgan fingerprint density at radius 2 is 2.06 bits per heavy atom. The van der Waals surface area contributed by atoms with Crippen molar-refractivity contribution in [1.29, 1.82) is 0 Å². The van der Waals surface area contributed by atoms with E-state index in [4.69, 9.17) is 4.74 Å². The number of nitrogens with zero attached hydrogens (tertiary/aromatic N) is 1. The van der Waals surface area contributed by atoms with Crippen LogP contribution in [-0.4, -0.2) is 39.8 Å². The summed E-state index contributed by atoms with van der Waals surface area (Å²) in [6.45, 7) is 3.66. The second-order valence-corrected chi connectivity index (χ2v) is 4.94. The molecular weight excluding hydrogens is 210 g/mol. The number of carbonyl (C=O) groups excluding carboxylic acids is 1. The number of esters is 1. The van der Waals surface area contributed by atoms with Crippen LogP contribution in [0.1, 0.15) is 39.5 Å². The van der Waals surface area contributed by atoms with Crippen molar-refractivity contribution in [1.82, 2.24) is 4.90 Å². The molecular formula is C11H17NO4. The molecule has 1 saturated carbocycles. The van der Waals surface area contributed by atoms with Gasteiger partial charge in [0.1, 0.15) is 6.10 Å². The molecule has 1 amide bonds. The van der Waals surface area contributed by atoms with Crippen LogP contribution in [0.5, 0.6) is 0 Å². The average Bonchev–Trinajstić information content (AvgIpc) is 2.62. The molecule has 2 fully saturated rings. The molecule has 0 bridgehead atoms. The lowest BCUT2D eigenvalue weighted by atomic mass is 9.93. The number of cyclic esters (lactones) is 1. The first-order chi connectivity index (χ1) is 7.46. The van der Waals surface area contributed by atoms with E-state index in [1.807, 2.05) is 6.92 Å². The normalized spacial score (nSPS) is 31.8. The van der Waals surface area contributed by atoms with Crippen LogP contribution in [0.25, 0.3) is 0 Å². The molecule has 1 N–H and O–H groups in total. The van der Waals surface area contributed by atoms with Gasteiger partial charge in [-0.3, -0.25) is 4.90 Å². The summed E-state index contributed by atoms with van der Waals surface area (Å²) in [5.74, 6) is -0.414. The number of rotatable bonds is 2. The zero-order chi connectivity index (χ0) is 11.9. The second-order valence-electron chi connectivity index (χ2n) is 4.94. The molecule has 1 heterocycles. The Balaban J connectivity index is 2.23. The maximum Gasteiger partial charge on any atom is 0.408 e. The molecule has 1 saturated heterocycles. The van der Waals surface area contributed by atoms with Crippen molar-refractivity contribution in [2.75, 3.05) is 0 Å². The molecule has 0 aromatic carbocycles. The predicted molar refractivity (Wildman–Crippen MR) is 56.1 cm³/mol. The molecule has 2 rings (SSSR count). The van der Waals surface area contributed by atoms with E-state index in [1.165, 1.54) is 4.90 Å². The third kappa shape index (κ3) is 1.54. The monoisotopic (exact) mass is 227 g/mol. The van der Waals surface area contributed by atoms with E-state index >= 15 is 0 Å². The molecule has 2 atom stereocenters. The van der Waals surface area contributed by atoms with Crippen molar-refractivity contribution in [3.05, 3.63) is 0 Å². The molecule has 1 aliphatic carbocycles. The third-order valence-corrected chi connectivity index (χ3v) is 3.73. The Kier molecular flexibility index (Phi) is 2.56. The van der Waals surface area contributed by atoms with Crippen molar-refractivity contribution in [3.63, 3.8) is 0 Å². The molecule has 1 aliphatic heterocycles. The van der Waals surface area contributed by atoms with Gasteiger partial charge >= 0.3 is 12.1 Å². The zero-order valence-electron chi connectivity index (χ0n) is 9.60. The quantitative estimate of drug-likeness (QED) is 0.728. The third-order valence-electron chi connectivity index (χ3n) is 3.73. The van der Waals surface area contributed by atoms with Crippen LogP contribution in [0.4, 0.5) is 4.79 Å². The van der Waals surface area contributed by atoms with E-state index in [9.17, 15) is 14.7 Å². The van der Waals surface area contributed by atoms with Crippen LogP contribution in [0.2, 0.25) is 0 Å². The summed E-state index contributed by atoms with van der Waals surface area (Å²) in [6, 6.07) is -0.611. The van der Waals surface area contributed by atoms with E-state index in [2.05, 4.69) is 0 Å². The van der Waals surface area contributed by atoms with Crippen molar-refractivity contribution < 1.29 is 19.4 Å². The molecule has 0 aromatic heterocycles. The van der Waals surface area contributed by atoms with E-state index in [1.54, 1.807) is 6.92 Å². The summed E-state index contributed by atoms with van der Waals surface area (Å²) in [7, 11) is 0. The molecule has 5 heteroatoms. The fourth-order valence-corrected chi connectivity index (χ4v) is 2.82. The molecule has 2 aliphatic rings. The van der Waals surface area contributed by atoms with Gasteiger partial charge in [0.2, 0.25) is 0 Å². The summed E-state index contributed by atoms with van der Waals surface area (Å²) in [4.78, 5) is 24.0. The molecule has 0 aromatic rings. The van der Waals surface area contributed by atoms with Crippen LogP contribution in [-0.2, 0) is 9.53 Å². The first-order valence-corrected chi connectivity index (χ1v) is 5.68. The van der Waals surface area contributed by atoms with Gasteiger partial charge in [-0.1, -0.05) is 12.8 Å². The molecule has 0 spiro atoms. The maximum atomic E-state index is 11.4. The minimum absolute atomic E-state index is 0.318. The minimum atomic E-state index is -1.02. The summed E-state index contributed by atoms with van der Waals surface area (Å²) < 4.78 is 4.84. The predicted octanol–water partition coefficient (Wildman–Crippen LogP) is 1.61. The number of carbonyl (C=O) groups is 2. The Morgan fingerprint density at radius 3 is 2.44 bits per heavy atom. The number of amides is 1. The van der Waals surface area contributed by atoms with Gasteiger partial charge in [0.25, 0.3) is 0 Å². The van der Waals surface area contributed by atoms with Gasteiger partial charge in [-0.05, 0) is 26.7 Å². The van der Waals surface area contributed by atoms with E-state index in [0.29, 0.717) is 0 Å². The molecule has 16 heavy (non-hydrogen) atoms. The molecule has 0 unspecified atom stereocenters. The highest BCUT2D eigenvalue weighted by Crippen LogP contribution is 2.39. The number of carboxylic acid groups (broad SMARTS) is 1. The fourth-order valence-electron chi connectivity index (χ4n) is 2.82. The smallest absolute Gasteiger partial charge is 0.408 e. The fraction of sp³-hybridized carbons (Fsp3) is 0.818. The number of ether oxygens (including phenoxy) is 1. The van der Waals surface area contributed by atoms with Crippen LogP contribution in [0, 0.1) is 0 Å². The number of hydrogen-bond donors (Lipinski definition) is 1. The first kappa shape index (κ1) is 11.2. The van der Waals surface area contributed by atoms with Gasteiger partial charge < -0.3 is 9.84 Å². The van der Waals surface area contributed by atoms with Crippen molar-refractivity contribution in [2.24, 2.45) is 0 Å². The maximum absolute atomic E-state index is 11.4. The van der Waals surface area contributed by atoms with Crippen molar-refractivity contribution >= 4 is 12.1 Å². The lowest BCUT2D eigenvalue weighted by Gasteiger charge is -2.46.